The van der Waals surface area contributed by atoms with Crippen molar-refractivity contribution in [3.05, 3.63) is 17.5 Å². The third-order valence-electron chi connectivity index (χ3n) is 1.00. The molecule has 0 radical (unpaired) electrons. The highest BCUT2D eigenvalue weighted by atomic mass is 35.5. The van der Waals surface area contributed by atoms with Crippen LogP contribution in [0.1, 0.15) is 17.9 Å². The van der Waals surface area contributed by atoms with Crippen LogP contribution >= 0.6 is 12.4 Å². The summed E-state index contributed by atoms with van der Waals surface area (Å²) in [5, 5.41) is 3.28. The summed E-state index contributed by atoms with van der Waals surface area (Å²) in [6.45, 7) is 0.121. The molecule has 1 aromatic heterocycles. The number of nitrogens with two attached hydrogens (primary N) is 1. The lowest BCUT2D eigenvalue weighted by molar-refractivity contribution is 0.112. The third-order valence-corrected chi connectivity index (χ3v) is 1.00. The molecule has 0 fully saturated rings. The van der Waals surface area contributed by atoms with Crippen molar-refractivity contribution >= 4 is 12.4 Å². The molecule has 0 aliphatic carbocycles. The van der Waals surface area contributed by atoms with Gasteiger partial charge in [0.1, 0.15) is 0 Å². The van der Waals surface area contributed by atoms with E-state index in [0.29, 0.717) is 5.69 Å². The number of rotatable bonds is 2. The Morgan fingerprint density at radius 1 is 1.64 bits per heavy atom. The Morgan fingerprint density at radius 3 is 2.55 bits per heavy atom. The van der Waals surface area contributed by atoms with Gasteiger partial charge in [-0.05, 0) is 0 Å². The summed E-state index contributed by atoms with van der Waals surface area (Å²) >= 11 is 0. The number of hydrogen-bond acceptors (Lipinski definition) is 3. The average molecular weight is 185 g/mol. The molecule has 0 saturated heterocycles. The van der Waals surface area contributed by atoms with E-state index in [-0.39, 0.29) is 19.0 Å². The molecule has 0 saturated carbocycles. The van der Waals surface area contributed by atoms with Crippen molar-refractivity contribution in [2.45, 2.75) is 13.0 Å². The molecule has 0 atom stereocenters. The molecule has 0 bridgehead atoms. The molecule has 2 N–H and O–H groups in total. The zero-order valence-corrected chi connectivity index (χ0v) is 6.28. The summed E-state index contributed by atoms with van der Waals surface area (Å²) < 4.78 is 27.7. The van der Waals surface area contributed by atoms with E-state index in [1.165, 1.54) is 0 Å². The number of halogens is 3. The second-order valence-electron chi connectivity index (χ2n) is 1.73. The Hall–Kier alpha value is -0.680. The fraction of sp³-hybridized carbons (Fsp3) is 0.400. The van der Waals surface area contributed by atoms with E-state index in [2.05, 4.69) is 9.68 Å². The zero-order chi connectivity index (χ0) is 7.56. The molecular weight excluding hydrogens is 178 g/mol. The minimum Gasteiger partial charge on any atom is -0.355 e. The van der Waals surface area contributed by atoms with Crippen LogP contribution in [0.5, 0.6) is 0 Å². The summed E-state index contributed by atoms with van der Waals surface area (Å²) in [5.74, 6) is -0.430. The molecular formula is C5H7ClF2N2O. The van der Waals surface area contributed by atoms with Gasteiger partial charge in [0.25, 0.3) is 6.43 Å². The Kier molecular flexibility index (Phi) is 3.99. The maximum absolute atomic E-state index is 11.7. The minimum absolute atomic E-state index is 0. The lowest BCUT2D eigenvalue weighted by Gasteiger charge is -1.85. The molecule has 1 heterocycles. The van der Waals surface area contributed by atoms with Gasteiger partial charge in [-0.15, -0.1) is 12.4 Å². The van der Waals surface area contributed by atoms with Gasteiger partial charge in [0.2, 0.25) is 5.76 Å². The van der Waals surface area contributed by atoms with Gasteiger partial charge in [-0.2, -0.15) is 0 Å². The van der Waals surface area contributed by atoms with Gasteiger partial charge >= 0.3 is 0 Å². The number of hydrogen-bond donors (Lipinski definition) is 1. The van der Waals surface area contributed by atoms with Crippen molar-refractivity contribution < 1.29 is 13.3 Å². The first kappa shape index (κ1) is 10.3. The van der Waals surface area contributed by atoms with Crippen LogP contribution in [0.15, 0.2) is 10.6 Å². The Bertz CT molecular complexity index is 216. The highest BCUT2D eigenvalue weighted by Gasteiger charge is 2.12. The normalized spacial score (nSPS) is 9.82. The predicted molar refractivity (Wildman–Crippen MR) is 36.6 cm³/mol. The van der Waals surface area contributed by atoms with E-state index in [0.717, 1.165) is 6.07 Å². The quantitative estimate of drug-likeness (QED) is 0.758. The fourth-order valence-electron chi connectivity index (χ4n) is 0.527. The first-order valence-corrected chi connectivity index (χ1v) is 2.67. The van der Waals surface area contributed by atoms with E-state index in [9.17, 15) is 8.78 Å². The highest BCUT2D eigenvalue weighted by molar-refractivity contribution is 5.85. The van der Waals surface area contributed by atoms with Crippen LogP contribution in [0.2, 0.25) is 0 Å². The standard InChI is InChI=1S/C5H6F2N2O.ClH/c6-5(7)4-1-3(2-8)9-10-4;/h1,5H,2,8H2;1H. The maximum Gasteiger partial charge on any atom is 0.298 e. The van der Waals surface area contributed by atoms with Crippen LogP contribution < -0.4 is 5.73 Å². The van der Waals surface area contributed by atoms with Crippen LogP contribution in [0.4, 0.5) is 8.78 Å². The van der Waals surface area contributed by atoms with E-state index < -0.39 is 12.2 Å². The zero-order valence-electron chi connectivity index (χ0n) is 5.46. The Balaban J connectivity index is 0.000001000. The first-order valence-electron chi connectivity index (χ1n) is 2.67. The summed E-state index contributed by atoms with van der Waals surface area (Å²) in [5.41, 5.74) is 5.44. The van der Waals surface area contributed by atoms with Gasteiger partial charge < -0.3 is 10.3 Å². The summed E-state index contributed by atoms with van der Waals surface area (Å²) in [4.78, 5) is 0. The van der Waals surface area contributed by atoms with E-state index in [4.69, 9.17) is 5.73 Å². The molecule has 0 aliphatic rings. The lowest BCUT2D eigenvalue weighted by Crippen LogP contribution is -1.94. The molecule has 1 rings (SSSR count). The van der Waals surface area contributed by atoms with Crippen molar-refractivity contribution in [3.8, 4) is 0 Å². The molecule has 0 aromatic carbocycles. The summed E-state index contributed by atoms with van der Waals surface area (Å²) in [6.07, 6.45) is -2.60. The van der Waals surface area contributed by atoms with Crippen LogP contribution in [-0.4, -0.2) is 5.16 Å². The number of nitrogens with zero attached hydrogens (tertiary/aromatic N) is 1. The molecule has 64 valence electrons. The van der Waals surface area contributed by atoms with Crippen LogP contribution in [0.25, 0.3) is 0 Å². The molecule has 11 heavy (non-hydrogen) atoms. The summed E-state index contributed by atoms with van der Waals surface area (Å²) in [7, 11) is 0. The van der Waals surface area contributed by atoms with Gasteiger partial charge in [0, 0.05) is 12.6 Å². The van der Waals surface area contributed by atoms with E-state index in [1.54, 1.807) is 0 Å². The molecule has 0 amide bonds. The lowest BCUT2D eigenvalue weighted by atomic mass is 10.4. The largest absolute Gasteiger partial charge is 0.355 e. The second kappa shape index (κ2) is 4.25. The van der Waals surface area contributed by atoms with Crippen molar-refractivity contribution in [2.75, 3.05) is 0 Å². The Morgan fingerprint density at radius 2 is 2.27 bits per heavy atom. The predicted octanol–water partition coefficient (Wildman–Crippen LogP) is 1.49. The van der Waals surface area contributed by atoms with Crippen molar-refractivity contribution in [1.82, 2.24) is 5.16 Å². The van der Waals surface area contributed by atoms with Gasteiger partial charge in [0.05, 0.1) is 5.69 Å². The van der Waals surface area contributed by atoms with E-state index in [1.807, 2.05) is 0 Å². The molecule has 1 aromatic rings. The number of aromatic nitrogens is 1. The third kappa shape index (κ3) is 2.44. The highest BCUT2D eigenvalue weighted by Crippen LogP contribution is 2.18. The number of alkyl halides is 2. The molecule has 3 nitrogen and oxygen atoms in total. The molecule has 0 aliphatic heterocycles. The first-order chi connectivity index (χ1) is 4.74. The SMILES string of the molecule is Cl.NCc1cc(C(F)F)on1. The minimum atomic E-state index is -2.60. The monoisotopic (exact) mass is 184 g/mol. The van der Waals surface area contributed by atoms with Crippen molar-refractivity contribution in [3.63, 3.8) is 0 Å². The van der Waals surface area contributed by atoms with Crippen LogP contribution in [0, 0.1) is 0 Å². The van der Waals surface area contributed by atoms with Gasteiger partial charge in [-0.25, -0.2) is 8.78 Å². The maximum atomic E-state index is 11.7. The van der Waals surface area contributed by atoms with E-state index >= 15 is 0 Å². The second-order valence-corrected chi connectivity index (χ2v) is 1.73. The topological polar surface area (TPSA) is 52.0 Å². The molecule has 0 unspecified atom stereocenters. The average Bonchev–Trinajstić information content (AvgIpc) is 2.34. The molecule has 0 spiro atoms. The van der Waals surface area contributed by atoms with Gasteiger partial charge in [0.15, 0.2) is 0 Å². The van der Waals surface area contributed by atoms with Gasteiger partial charge in [-0.3, -0.25) is 0 Å². The van der Waals surface area contributed by atoms with Crippen LogP contribution in [-0.2, 0) is 6.54 Å². The van der Waals surface area contributed by atoms with Crippen molar-refractivity contribution in [2.24, 2.45) is 5.73 Å². The smallest absolute Gasteiger partial charge is 0.298 e. The summed E-state index contributed by atoms with van der Waals surface area (Å²) in [6, 6.07) is 1.14. The van der Waals surface area contributed by atoms with Gasteiger partial charge in [-0.1, -0.05) is 5.16 Å². The Labute approximate surface area is 68.0 Å². The van der Waals surface area contributed by atoms with Crippen molar-refractivity contribution in [1.29, 1.82) is 0 Å². The van der Waals surface area contributed by atoms with Crippen LogP contribution in [0.3, 0.4) is 0 Å². The molecule has 6 heteroatoms. The fourth-order valence-corrected chi connectivity index (χ4v) is 0.527.